The van der Waals surface area contributed by atoms with E-state index in [9.17, 15) is 18.4 Å². The smallest absolute Gasteiger partial charge is 0.340 e. The van der Waals surface area contributed by atoms with Crippen LogP contribution in [0.25, 0.3) is 0 Å². The van der Waals surface area contributed by atoms with Crippen LogP contribution in [0, 0.1) is 11.6 Å². The van der Waals surface area contributed by atoms with E-state index in [2.05, 4.69) is 5.32 Å². The van der Waals surface area contributed by atoms with Gasteiger partial charge < -0.3 is 10.1 Å². The number of rotatable bonds is 5. The molecule has 0 bridgehead atoms. The summed E-state index contributed by atoms with van der Waals surface area (Å²) in [6.07, 6.45) is 0.533. The van der Waals surface area contributed by atoms with Gasteiger partial charge in [0, 0.05) is 11.6 Å². The fraction of sp³-hybridized carbons (Fsp3) is 0.222. The van der Waals surface area contributed by atoms with Crippen molar-refractivity contribution < 1.29 is 23.1 Å². The van der Waals surface area contributed by atoms with E-state index in [1.54, 1.807) is 30.3 Å². The van der Waals surface area contributed by atoms with E-state index < -0.39 is 29.6 Å². The molecule has 0 saturated heterocycles. The Bertz CT molecular complexity index is 809. The van der Waals surface area contributed by atoms with Gasteiger partial charge in [0.2, 0.25) is 6.10 Å². The SMILES string of the molecule is O=C(O[C@@H](C(=O)NC1CC1)c1ccccc1)c1cc(F)c(F)cc1Cl. The van der Waals surface area contributed by atoms with Crippen molar-refractivity contribution in [2.75, 3.05) is 0 Å². The number of amides is 1. The molecule has 1 fully saturated rings. The number of benzene rings is 2. The fourth-order valence-corrected chi connectivity index (χ4v) is 2.48. The molecule has 25 heavy (non-hydrogen) atoms. The Morgan fingerprint density at radius 3 is 2.40 bits per heavy atom. The maximum Gasteiger partial charge on any atom is 0.340 e. The lowest BCUT2D eigenvalue weighted by Crippen LogP contribution is -2.33. The molecule has 7 heteroatoms. The second-order valence-electron chi connectivity index (χ2n) is 5.73. The largest absolute Gasteiger partial charge is 0.444 e. The highest BCUT2D eigenvalue weighted by atomic mass is 35.5. The molecule has 2 aromatic carbocycles. The monoisotopic (exact) mass is 365 g/mol. The molecule has 1 N–H and O–H groups in total. The van der Waals surface area contributed by atoms with E-state index >= 15 is 0 Å². The molecule has 0 aromatic heterocycles. The first-order valence-corrected chi connectivity index (χ1v) is 8.04. The fourth-order valence-electron chi connectivity index (χ4n) is 2.25. The normalized spacial score (nSPS) is 14.7. The van der Waals surface area contributed by atoms with E-state index in [1.807, 2.05) is 0 Å². The Kier molecular flexibility index (Phi) is 4.99. The first-order valence-electron chi connectivity index (χ1n) is 7.66. The second kappa shape index (κ2) is 7.19. The van der Waals surface area contributed by atoms with Gasteiger partial charge in [-0.3, -0.25) is 4.79 Å². The Balaban J connectivity index is 1.85. The van der Waals surface area contributed by atoms with Crippen LogP contribution in [0.2, 0.25) is 5.02 Å². The number of carbonyl (C=O) groups is 2. The lowest BCUT2D eigenvalue weighted by Gasteiger charge is -2.18. The highest BCUT2D eigenvalue weighted by molar-refractivity contribution is 6.33. The molecule has 0 aliphatic heterocycles. The number of esters is 1. The molecule has 4 nitrogen and oxygen atoms in total. The maximum atomic E-state index is 13.4. The van der Waals surface area contributed by atoms with Crippen LogP contribution in [0.15, 0.2) is 42.5 Å². The minimum atomic E-state index is -1.23. The van der Waals surface area contributed by atoms with E-state index in [1.165, 1.54) is 0 Å². The molecule has 130 valence electrons. The lowest BCUT2D eigenvalue weighted by atomic mass is 10.1. The predicted octanol–water partition coefficient (Wildman–Crippen LogP) is 3.79. The van der Waals surface area contributed by atoms with Gasteiger partial charge in [0.1, 0.15) is 0 Å². The van der Waals surface area contributed by atoms with E-state index in [4.69, 9.17) is 16.3 Å². The van der Waals surface area contributed by atoms with E-state index in [0.29, 0.717) is 17.7 Å². The van der Waals surface area contributed by atoms with Gasteiger partial charge in [0.25, 0.3) is 5.91 Å². The topological polar surface area (TPSA) is 55.4 Å². The van der Waals surface area contributed by atoms with Gasteiger partial charge in [-0.15, -0.1) is 0 Å². The third-order valence-electron chi connectivity index (χ3n) is 3.72. The van der Waals surface area contributed by atoms with Crippen LogP contribution in [-0.2, 0) is 9.53 Å². The standard InChI is InChI=1S/C18H14ClF2NO3/c19-13-9-15(21)14(20)8-12(13)18(24)25-16(10-4-2-1-3-5-10)17(23)22-11-6-7-11/h1-5,8-9,11,16H,6-7H2,(H,22,23)/t16-/m1/s1. The van der Waals surface area contributed by atoms with Gasteiger partial charge in [-0.25, -0.2) is 13.6 Å². The minimum absolute atomic E-state index is 0.0734. The zero-order valence-electron chi connectivity index (χ0n) is 13.0. The Labute approximate surface area is 147 Å². The van der Waals surface area contributed by atoms with Gasteiger partial charge in [0.05, 0.1) is 10.6 Å². The Hall–Kier alpha value is -2.47. The summed E-state index contributed by atoms with van der Waals surface area (Å²) < 4.78 is 31.8. The molecule has 1 saturated carbocycles. The van der Waals surface area contributed by atoms with Crippen molar-refractivity contribution in [3.8, 4) is 0 Å². The summed E-state index contributed by atoms with van der Waals surface area (Å²) >= 11 is 5.79. The van der Waals surface area contributed by atoms with E-state index in [0.717, 1.165) is 12.8 Å². The Morgan fingerprint density at radius 2 is 1.76 bits per heavy atom. The highest BCUT2D eigenvalue weighted by Crippen LogP contribution is 2.26. The average Bonchev–Trinajstić information content (AvgIpc) is 3.40. The van der Waals surface area contributed by atoms with Crippen molar-refractivity contribution in [2.24, 2.45) is 0 Å². The number of hydrogen-bond acceptors (Lipinski definition) is 3. The first kappa shape index (κ1) is 17.4. The quantitative estimate of drug-likeness (QED) is 0.647. The van der Waals surface area contributed by atoms with Crippen LogP contribution in [-0.4, -0.2) is 17.9 Å². The molecule has 1 amide bonds. The van der Waals surface area contributed by atoms with Gasteiger partial charge in [0.15, 0.2) is 11.6 Å². The molecule has 3 rings (SSSR count). The molecule has 0 heterocycles. The molecular formula is C18H14ClF2NO3. The summed E-state index contributed by atoms with van der Waals surface area (Å²) in [5.74, 6) is -3.88. The van der Waals surface area contributed by atoms with Crippen molar-refractivity contribution >= 4 is 23.5 Å². The van der Waals surface area contributed by atoms with E-state index in [-0.39, 0.29) is 16.6 Å². The van der Waals surface area contributed by atoms with Gasteiger partial charge in [-0.1, -0.05) is 41.9 Å². The summed E-state index contributed by atoms with van der Waals surface area (Å²) in [5.41, 5.74) is 0.119. The predicted molar refractivity (Wildman–Crippen MR) is 87.1 cm³/mol. The molecule has 2 aromatic rings. The number of nitrogens with one attached hydrogen (secondary N) is 1. The van der Waals surface area contributed by atoms with Crippen LogP contribution in [0.5, 0.6) is 0 Å². The zero-order valence-corrected chi connectivity index (χ0v) is 13.7. The summed E-state index contributed by atoms with van der Waals surface area (Å²) in [6, 6.07) is 9.85. The van der Waals surface area contributed by atoms with Gasteiger partial charge in [-0.05, 0) is 25.0 Å². The average molecular weight is 366 g/mol. The molecule has 0 spiro atoms. The third-order valence-corrected chi connectivity index (χ3v) is 4.03. The summed E-state index contributed by atoms with van der Waals surface area (Å²) in [4.78, 5) is 24.8. The molecule has 0 radical (unpaired) electrons. The summed E-state index contributed by atoms with van der Waals surface area (Å²) in [7, 11) is 0. The molecule has 1 aliphatic carbocycles. The van der Waals surface area contributed by atoms with Gasteiger partial charge >= 0.3 is 5.97 Å². The molecule has 0 unspecified atom stereocenters. The second-order valence-corrected chi connectivity index (χ2v) is 6.13. The van der Waals surface area contributed by atoms with Crippen LogP contribution >= 0.6 is 11.6 Å². The van der Waals surface area contributed by atoms with Crippen LogP contribution in [0.1, 0.15) is 34.9 Å². The number of halogens is 3. The lowest BCUT2D eigenvalue weighted by molar-refractivity contribution is -0.130. The van der Waals surface area contributed by atoms with Gasteiger partial charge in [-0.2, -0.15) is 0 Å². The number of hydrogen-bond donors (Lipinski definition) is 1. The van der Waals surface area contributed by atoms with Crippen molar-refractivity contribution in [3.63, 3.8) is 0 Å². The van der Waals surface area contributed by atoms with Crippen molar-refractivity contribution in [1.82, 2.24) is 5.32 Å². The van der Waals surface area contributed by atoms with Crippen molar-refractivity contribution in [1.29, 1.82) is 0 Å². The van der Waals surface area contributed by atoms with Crippen LogP contribution < -0.4 is 5.32 Å². The van der Waals surface area contributed by atoms with Crippen molar-refractivity contribution in [2.45, 2.75) is 25.0 Å². The summed E-state index contributed by atoms with van der Waals surface area (Å²) in [5, 5.41) is 2.47. The number of ether oxygens (including phenoxy) is 1. The molecule has 1 atom stereocenters. The molecular weight excluding hydrogens is 352 g/mol. The molecule has 1 aliphatic rings. The first-order chi connectivity index (χ1) is 12.0. The van der Waals surface area contributed by atoms with Crippen LogP contribution in [0.4, 0.5) is 8.78 Å². The zero-order chi connectivity index (χ0) is 18.0. The maximum absolute atomic E-state index is 13.4. The van der Waals surface area contributed by atoms with Crippen molar-refractivity contribution in [3.05, 3.63) is 70.2 Å². The van der Waals surface area contributed by atoms with Crippen LogP contribution in [0.3, 0.4) is 0 Å². The summed E-state index contributed by atoms with van der Waals surface area (Å²) in [6.45, 7) is 0. The number of carbonyl (C=O) groups excluding carboxylic acids is 2. The third kappa shape index (κ3) is 4.14. The highest BCUT2D eigenvalue weighted by Gasteiger charge is 2.31. The minimum Gasteiger partial charge on any atom is -0.444 e. The Morgan fingerprint density at radius 1 is 1.12 bits per heavy atom.